The summed E-state index contributed by atoms with van der Waals surface area (Å²) < 4.78 is 5.05. The first-order valence-corrected chi connectivity index (χ1v) is 8.61. The van der Waals surface area contributed by atoms with Gasteiger partial charge in [0.05, 0.1) is 17.1 Å². The van der Waals surface area contributed by atoms with Gasteiger partial charge in [-0.3, -0.25) is 9.59 Å². The van der Waals surface area contributed by atoms with Gasteiger partial charge >= 0.3 is 0 Å². The van der Waals surface area contributed by atoms with Crippen molar-refractivity contribution in [3.63, 3.8) is 0 Å². The van der Waals surface area contributed by atoms with E-state index in [9.17, 15) is 9.59 Å². The Hall–Kier alpha value is -2.93. The number of carbonyl (C=O) groups excluding carboxylic acids is 2. The predicted octanol–water partition coefficient (Wildman–Crippen LogP) is 2.90. The Bertz CT molecular complexity index is 854. The van der Waals surface area contributed by atoms with Gasteiger partial charge in [0.15, 0.2) is 5.76 Å². The second kappa shape index (κ2) is 7.76. The summed E-state index contributed by atoms with van der Waals surface area (Å²) in [5.74, 6) is 0.321. The molecule has 25 heavy (non-hydrogen) atoms. The third-order valence-corrected chi connectivity index (χ3v) is 4.38. The molecule has 0 aliphatic heterocycles. The van der Waals surface area contributed by atoms with Crippen molar-refractivity contribution in [1.82, 2.24) is 15.8 Å². The van der Waals surface area contributed by atoms with Gasteiger partial charge in [-0.1, -0.05) is 23.4 Å². The minimum absolute atomic E-state index is 0.0980. The van der Waals surface area contributed by atoms with E-state index in [1.807, 2.05) is 30.5 Å². The maximum Gasteiger partial charge on any atom is 0.261 e. The van der Waals surface area contributed by atoms with Gasteiger partial charge in [-0.2, -0.15) is 0 Å². The second-order valence-electron chi connectivity index (χ2n) is 5.47. The van der Waals surface area contributed by atoms with Crippen LogP contribution in [0.4, 0.5) is 0 Å². The summed E-state index contributed by atoms with van der Waals surface area (Å²) in [5.41, 5.74) is 2.25. The van der Waals surface area contributed by atoms with Crippen molar-refractivity contribution >= 4 is 23.2 Å². The summed E-state index contributed by atoms with van der Waals surface area (Å²) in [5, 5.41) is 11.3. The lowest BCUT2D eigenvalue weighted by molar-refractivity contribution is 0.0941. The van der Waals surface area contributed by atoms with Gasteiger partial charge in [0.1, 0.15) is 0 Å². The SMILES string of the molecule is Cc1cc(CNC(=O)c2ccc(CNC(=O)c3cccs3)cc2)on1. The summed E-state index contributed by atoms with van der Waals surface area (Å²) in [6.07, 6.45) is 0. The van der Waals surface area contributed by atoms with Crippen molar-refractivity contribution in [2.24, 2.45) is 0 Å². The van der Waals surface area contributed by atoms with Crippen molar-refractivity contribution in [2.45, 2.75) is 20.0 Å². The average molecular weight is 355 g/mol. The largest absolute Gasteiger partial charge is 0.359 e. The van der Waals surface area contributed by atoms with Crippen LogP contribution in [0.5, 0.6) is 0 Å². The molecule has 0 bridgehead atoms. The lowest BCUT2D eigenvalue weighted by atomic mass is 10.1. The number of aryl methyl sites for hydroxylation is 1. The van der Waals surface area contributed by atoms with E-state index in [0.29, 0.717) is 22.7 Å². The molecule has 0 aliphatic carbocycles. The fourth-order valence-corrected chi connectivity index (χ4v) is 2.86. The maximum atomic E-state index is 12.1. The van der Waals surface area contributed by atoms with Crippen molar-refractivity contribution < 1.29 is 14.1 Å². The molecule has 3 rings (SSSR count). The van der Waals surface area contributed by atoms with E-state index in [1.54, 1.807) is 24.3 Å². The molecule has 0 saturated carbocycles. The Morgan fingerprint density at radius 1 is 1.08 bits per heavy atom. The van der Waals surface area contributed by atoms with Crippen LogP contribution in [0.3, 0.4) is 0 Å². The van der Waals surface area contributed by atoms with Crippen LogP contribution in [0.25, 0.3) is 0 Å². The second-order valence-corrected chi connectivity index (χ2v) is 6.42. The molecule has 3 aromatic rings. The van der Waals surface area contributed by atoms with Crippen LogP contribution in [0, 0.1) is 6.92 Å². The van der Waals surface area contributed by atoms with Crippen LogP contribution in [-0.2, 0) is 13.1 Å². The molecule has 2 aromatic heterocycles. The lowest BCUT2D eigenvalue weighted by Gasteiger charge is -2.06. The zero-order chi connectivity index (χ0) is 17.6. The quantitative estimate of drug-likeness (QED) is 0.712. The van der Waals surface area contributed by atoms with Crippen molar-refractivity contribution in [2.75, 3.05) is 0 Å². The first-order chi connectivity index (χ1) is 12.1. The monoisotopic (exact) mass is 355 g/mol. The Morgan fingerprint density at radius 3 is 2.48 bits per heavy atom. The molecule has 0 fully saturated rings. The van der Waals surface area contributed by atoms with Crippen molar-refractivity contribution in [1.29, 1.82) is 0 Å². The van der Waals surface area contributed by atoms with Gasteiger partial charge in [-0.15, -0.1) is 11.3 Å². The molecule has 0 saturated heterocycles. The van der Waals surface area contributed by atoms with Crippen LogP contribution in [0.2, 0.25) is 0 Å². The van der Waals surface area contributed by atoms with E-state index in [1.165, 1.54) is 11.3 Å². The number of amides is 2. The van der Waals surface area contributed by atoms with Crippen LogP contribution in [0.1, 0.15) is 37.0 Å². The van der Waals surface area contributed by atoms with Gasteiger partial charge in [0.2, 0.25) is 0 Å². The first kappa shape index (κ1) is 16.9. The van der Waals surface area contributed by atoms with Gasteiger partial charge in [-0.05, 0) is 36.1 Å². The highest BCUT2D eigenvalue weighted by Crippen LogP contribution is 2.09. The number of hydrogen-bond donors (Lipinski definition) is 2. The Kier molecular flexibility index (Phi) is 5.25. The zero-order valence-electron chi connectivity index (χ0n) is 13.6. The summed E-state index contributed by atoms with van der Waals surface area (Å²) in [4.78, 5) is 24.7. The number of benzene rings is 1. The van der Waals surface area contributed by atoms with Crippen LogP contribution in [0.15, 0.2) is 52.4 Å². The fourth-order valence-electron chi connectivity index (χ4n) is 2.22. The molecule has 1 aromatic carbocycles. The molecule has 2 N–H and O–H groups in total. The minimum Gasteiger partial charge on any atom is -0.359 e. The molecule has 0 aliphatic rings. The number of carbonyl (C=O) groups is 2. The molecule has 2 amide bonds. The number of nitrogens with zero attached hydrogens (tertiary/aromatic N) is 1. The zero-order valence-corrected chi connectivity index (χ0v) is 14.4. The predicted molar refractivity (Wildman–Crippen MR) is 94.3 cm³/mol. The summed E-state index contributed by atoms with van der Waals surface area (Å²) in [7, 11) is 0. The molecule has 0 atom stereocenters. The third-order valence-electron chi connectivity index (χ3n) is 3.51. The molecule has 128 valence electrons. The van der Waals surface area contributed by atoms with Gasteiger partial charge < -0.3 is 15.2 Å². The van der Waals surface area contributed by atoms with Crippen molar-refractivity contribution in [3.8, 4) is 0 Å². The molecule has 0 unspecified atom stereocenters. The molecule has 6 nitrogen and oxygen atoms in total. The first-order valence-electron chi connectivity index (χ1n) is 7.73. The van der Waals surface area contributed by atoms with E-state index < -0.39 is 0 Å². The molecular formula is C18H17N3O3S. The molecule has 7 heteroatoms. The maximum absolute atomic E-state index is 12.1. The third kappa shape index (κ3) is 4.54. The van der Waals surface area contributed by atoms with Crippen LogP contribution < -0.4 is 10.6 Å². The number of aromatic nitrogens is 1. The van der Waals surface area contributed by atoms with Crippen LogP contribution >= 0.6 is 11.3 Å². The Labute approximate surface area is 148 Å². The summed E-state index contributed by atoms with van der Waals surface area (Å²) >= 11 is 1.40. The van der Waals surface area contributed by atoms with E-state index in [-0.39, 0.29) is 18.4 Å². The average Bonchev–Trinajstić information content (AvgIpc) is 3.30. The molecule has 0 radical (unpaired) electrons. The molecular weight excluding hydrogens is 338 g/mol. The number of nitrogens with one attached hydrogen (secondary N) is 2. The normalized spacial score (nSPS) is 10.4. The van der Waals surface area contributed by atoms with Crippen LogP contribution in [-0.4, -0.2) is 17.0 Å². The summed E-state index contributed by atoms with van der Waals surface area (Å²) in [6.45, 7) is 2.53. The topological polar surface area (TPSA) is 84.2 Å². The standard InChI is InChI=1S/C18H17N3O3S/c1-12-9-15(24-21-12)11-20-17(22)14-6-4-13(5-7-14)10-19-18(23)16-3-2-8-25-16/h2-9H,10-11H2,1H3,(H,19,23)(H,20,22). The van der Waals surface area contributed by atoms with Gasteiger partial charge in [0, 0.05) is 18.2 Å². The van der Waals surface area contributed by atoms with E-state index in [4.69, 9.17) is 4.52 Å². The Balaban J connectivity index is 1.51. The van der Waals surface area contributed by atoms with E-state index in [0.717, 1.165) is 11.3 Å². The highest BCUT2D eigenvalue weighted by atomic mass is 32.1. The number of thiophene rings is 1. The fraction of sp³-hybridized carbons (Fsp3) is 0.167. The van der Waals surface area contributed by atoms with E-state index in [2.05, 4.69) is 15.8 Å². The number of hydrogen-bond acceptors (Lipinski definition) is 5. The van der Waals surface area contributed by atoms with E-state index >= 15 is 0 Å². The van der Waals surface area contributed by atoms with Crippen molar-refractivity contribution in [3.05, 3.63) is 75.3 Å². The minimum atomic E-state index is -0.191. The molecule has 2 heterocycles. The van der Waals surface area contributed by atoms with Gasteiger partial charge in [0.25, 0.3) is 11.8 Å². The Morgan fingerprint density at radius 2 is 1.84 bits per heavy atom. The highest BCUT2D eigenvalue weighted by molar-refractivity contribution is 7.12. The summed E-state index contributed by atoms with van der Waals surface area (Å²) in [6, 6.07) is 12.5. The number of rotatable bonds is 6. The smallest absolute Gasteiger partial charge is 0.261 e. The lowest BCUT2D eigenvalue weighted by Crippen LogP contribution is -2.23. The highest BCUT2D eigenvalue weighted by Gasteiger charge is 2.09. The molecule has 0 spiro atoms. The van der Waals surface area contributed by atoms with Gasteiger partial charge in [-0.25, -0.2) is 0 Å².